The van der Waals surface area contributed by atoms with Crippen molar-refractivity contribution < 1.29 is 14.1 Å². The first-order valence-corrected chi connectivity index (χ1v) is 9.18. The number of hydrogen-bond donors (Lipinski definition) is 1. The van der Waals surface area contributed by atoms with E-state index in [9.17, 15) is 4.79 Å². The molecular weight excluding hydrogens is 368 g/mol. The summed E-state index contributed by atoms with van der Waals surface area (Å²) in [7, 11) is 1.60. The summed E-state index contributed by atoms with van der Waals surface area (Å²) in [5, 5.41) is 18.8. The van der Waals surface area contributed by atoms with Crippen LogP contribution in [0.2, 0.25) is 0 Å². The van der Waals surface area contributed by atoms with Crippen molar-refractivity contribution in [3.63, 3.8) is 0 Å². The summed E-state index contributed by atoms with van der Waals surface area (Å²) in [4.78, 5) is 12.2. The number of tetrazole rings is 1. The van der Waals surface area contributed by atoms with Crippen molar-refractivity contribution in [2.24, 2.45) is 0 Å². The van der Waals surface area contributed by atoms with Gasteiger partial charge in [-0.25, -0.2) is 0 Å². The molecule has 10 heteroatoms. The Hall–Kier alpha value is -2.88. The van der Waals surface area contributed by atoms with Gasteiger partial charge in [-0.1, -0.05) is 37.7 Å². The third kappa shape index (κ3) is 4.64. The second-order valence-corrected chi connectivity index (χ2v) is 7.68. The lowest BCUT2D eigenvalue weighted by atomic mass is 9.92. The van der Waals surface area contributed by atoms with Crippen LogP contribution in [0.25, 0.3) is 5.69 Å². The molecule has 3 rings (SSSR count). The molecule has 0 aliphatic carbocycles. The largest absolute Gasteiger partial charge is 0.497 e. The predicted molar refractivity (Wildman–Crippen MR) is 100 cm³/mol. The molecule has 0 fully saturated rings. The number of carbonyl (C=O) groups is 1. The first kappa shape index (κ1) is 18.9. The quantitative estimate of drug-likeness (QED) is 0.642. The van der Waals surface area contributed by atoms with E-state index in [1.165, 1.54) is 11.8 Å². The van der Waals surface area contributed by atoms with E-state index in [2.05, 4.69) is 26.0 Å². The highest BCUT2D eigenvalue weighted by Crippen LogP contribution is 2.24. The molecule has 9 nitrogen and oxygen atoms in total. The van der Waals surface area contributed by atoms with E-state index in [0.29, 0.717) is 11.0 Å². The summed E-state index contributed by atoms with van der Waals surface area (Å²) in [6.45, 7) is 6.06. The number of anilines is 1. The second kappa shape index (κ2) is 7.78. The zero-order chi connectivity index (χ0) is 19.4. The van der Waals surface area contributed by atoms with E-state index in [1.807, 2.05) is 45.0 Å². The number of carbonyl (C=O) groups excluding carboxylic acids is 1. The third-order valence-electron chi connectivity index (χ3n) is 3.63. The average Bonchev–Trinajstić information content (AvgIpc) is 3.29. The second-order valence-electron chi connectivity index (χ2n) is 6.73. The molecule has 1 aromatic carbocycles. The molecule has 0 saturated carbocycles. The van der Waals surface area contributed by atoms with Gasteiger partial charge in [0.15, 0.2) is 0 Å². The Morgan fingerprint density at radius 2 is 2.04 bits per heavy atom. The van der Waals surface area contributed by atoms with E-state index in [4.69, 9.17) is 9.26 Å². The van der Waals surface area contributed by atoms with Gasteiger partial charge in [0.05, 0.1) is 24.2 Å². The minimum absolute atomic E-state index is 0.127. The van der Waals surface area contributed by atoms with Crippen LogP contribution in [0.1, 0.15) is 26.5 Å². The van der Waals surface area contributed by atoms with Crippen LogP contribution in [0.4, 0.5) is 5.88 Å². The van der Waals surface area contributed by atoms with Gasteiger partial charge in [-0.15, -0.1) is 5.10 Å². The number of ether oxygens (including phenoxy) is 1. The summed E-state index contributed by atoms with van der Waals surface area (Å²) in [6, 6.07) is 9.03. The minimum Gasteiger partial charge on any atom is -0.497 e. The van der Waals surface area contributed by atoms with Gasteiger partial charge in [-0.3, -0.25) is 10.1 Å². The van der Waals surface area contributed by atoms with Crippen LogP contribution in [0.15, 0.2) is 40.0 Å². The number of benzene rings is 1. The van der Waals surface area contributed by atoms with Gasteiger partial charge in [0.2, 0.25) is 16.9 Å². The number of amides is 1. The van der Waals surface area contributed by atoms with Gasteiger partial charge in [0.1, 0.15) is 5.75 Å². The molecule has 0 aliphatic rings. The summed E-state index contributed by atoms with van der Waals surface area (Å²) in [6.07, 6.45) is 0. The van der Waals surface area contributed by atoms with Crippen LogP contribution in [0, 0.1) is 0 Å². The summed E-state index contributed by atoms with van der Waals surface area (Å²) >= 11 is 1.22. The minimum atomic E-state index is -0.235. The normalized spacial score (nSPS) is 11.4. The monoisotopic (exact) mass is 388 g/mol. The molecule has 1 N–H and O–H groups in total. The van der Waals surface area contributed by atoms with Gasteiger partial charge in [0, 0.05) is 11.5 Å². The number of thioether (sulfide) groups is 1. The topological polar surface area (TPSA) is 108 Å². The molecule has 1 amide bonds. The molecule has 0 unspecified atom stereocenters. The highest BCUT2D eigenvalue weighted by Gasteiger charge is 2.20. The van der Waals surface area contributed by atoms with Gasteiger partial charge < -0.3 is 9.26 Å². The molecule has 0 saturated heterocycles. The number of hydrogen-bond acceptors (Lipinski definition) is 8. The lowest BCUT2D eigenvalue weighted by Crippen LogP contribution is -2.14. The first-order valence-electron chi connectivity index (χ1n) is 8.19. The third-order valence-corrected chi connectivity index (χ3v) is 4.55. The van der Waals surface area contributed by atoms with Crippen molar-refractivity contribution in [2.45, 2.75) is 31.3 Å². The van der Waals surface area contributed by atoms with Gasteiger partial charge in [-0.05, 0) is 34.7 Å². The van der Waals surface area contributed by atoms with Gasteiger partial charge in [0.25, 0.3) is 0 Å². The fraction of sp³-hybridized carbons (Fsp3) is 0.353. The van der Waals surface area contributed by atoms with E-state index in [-0.39, 0.29) is 17.1 Å². The Morgan fingerprint density at radius 3 is 2.67 bits per heavy atom. The van der Waals surface area contributed by atoms with Crippen molar-refractivity contribution in [3.8, 4) is 11.4 Å². The fourth-order valence-corrected chi connectivity index (χ4v) is 2.84. The van der Waals surface area contributed by atoms with E-state index in [0.717, 1.165) is 17.1 Å². The Morgan fingerprint density at radius 1 is 1.30 bits per heavy atom. The molecule has 27 heavy (non-hydrogen) atoms. The Balaban J connectivity index is 1.61. The zero-order valence-electron chi connectivity index (χ0n) is 15.5. The van der Waals surface area contributed by atoms with Gasteiger partial charge >= 0.3 is 0 Å². The maximum absolute atomic E-state index is 12.2. The molecular formula is C17H20N6O3S. The predicted octanol–water partition coefficient (Wildman–Crippen LogP) is 2.69. The Kier molecular flexibility index (Phi) is 5.45. The van der Waals surface area contributed by atoms with Crippen molar-refractivity contribution in [2.75, 3.05) is 18.2 Å². The number of methoxy groups -OCH3 is 1. The van der Waals surface area contributed by atoms with Crippen molar-refractivity contribution in [1.82, 2.24) is 25.4 Å². The maximum Gasteiger partial charge on any atom is 0.237 e. The first-order chi connectivity index (χ1) is 12.9. The molecule has 0 atom stereocenters. The highest BCUT2D eigenvalue weighted by atomic mass is 32.2. The number of nitrogens with one attached hydrogen (secondary N) is 1. The molecule has 0 aliphatic heterocycles. The van der Waals surface area contributed by atoms with E-state index in [1.54, 1.807) is 17.9 Å². The maximum atomic E-state index is 12.2. The molecule has 0 bridgehead atoms. The lowest BCUT2D eigenvalue weighted by Gasteiger charge is -2.12. The smallest absolute Gasteiger partial charge is 0.237 e. The van der Waals surface area contributed by atoms with Crippen LogP contribution in [-0.4, -0.2) is 44.1 Å². The molecule has 2 heterocycles. The molecule has 142 valence electrons. The average molecular weight is 388 g/mol. The molecule has 0 radical (unpaired) electrons. The molecule has 0 spiro atoms. The summed E-state index contributed by atoms with van der Waals surface area (Å²) < 4.78 is 11.9. The summed E-state index contributed by atoms with van der Waals surface area (Å²) in [5.41, 5.74) is 1.39. The number of aromatic nitrogens is 5. The molecule has 3 aromatic rings. The van der Waals surface area contributed by atoms with Crippen LogP contribution in [0.3, 0.4) is 0 Å². The Labute approximate surface area is 160 Å². The fourth-order valence-electron chi connectivity index (χ4n) is 2.15. The standard InChI is InChI=1S/C17H20N6O3S/c1-17(2,3)13-9-15(26-20-13)18-14(24)10-27-16-19-21-22-23(16)11-5-7-12(25-4)8-6-11/h5-9H,10H2,1-4H3,(H,18,24). The van der Waals surface area contributed by atoms with Crippen LogP contribution in [-0.2, 0) is 10.2 Å². The van der Waals surface area contributed by atoms with Crippen molar-refractivity contribution in [1.29, 1.82) is 0 Å². The SMILES string of the molecule is COc1ccc(-n2nnnc2SCC(=O)Nc2cc(C(C)(C)C)no2)cc1. The lowest BCUT2D eigenvalue weighted by molar-refractivity contribution is -0.113. The van der Waals surface area contributed by atoms with E-state index < -0.39 is 0 Å². The Bertz CT molecular complexity index is 913. The van der Waals surface area contributed by atoms with Crippen molar-refractivity contribution in [3.05, 3.63) is 36.0 Å². The van der Waals surface area contributed by atoms with Crippen LogP contribution >= 0.6 is 11.8 Å². The zero-order valence-corrected chi connectivity index (χ0v) is 16.3. The van der Waals surface area contributed by atoms with E-state index >= 15 is 0 Å². The number of nitrogens with zero attached hydrogens (tertiary/aromatic N) is 5. The van der Waals surface area contributed by atoms with Crippen molar-refractivity contribution >= 4 is 23.6 Å². The van der Waals surface area contributed by atoms with Gasteiger partial charge in [-0.2, -0.15) is 4.68 Å². The number of rotatable bonds is 6. The summed E-state index contributed by atoms with van der Waals surface area (Å²) in [5.74, 6) is 0.950. The highest BCUT2D eigenvalue weighted by molar-refractivity contribution is 7.99. The van der Waals surface area contributed by atoms with Crippen LogP contribution < -0.4 is 10.1 Å². The molecule has 2 aromatic heterocycles. The van der Waals surface area contributed by atoms with Crippen LogP contribution in [0.5, 0.6) is 5.75 Å².